The number of fused-ring (bicyclic) bond motifs is 10. The minimum absolute atomic E-state index is 0.893. The molecular weight excluding hydrogens is 531 g/mol. The van der Waals surface area contributed by atoms with Gasteiger partial charge in [0.05, 0.1) is 27.6 Å². The standard InChI is InChI=1S/C37H23N4P/c1-2-11-31-29(9-1)30-10-3-4-12-35(30)41-36-18-17-28(23-34(36)40-37(31)41)42(26-15-13-24-7-5-19-38-32(24)21-26)27-16-14-25-8-6-20-39-33(25)22-27/h1-23H. The van der Waals surface area contributed by atoms with Crippen LogP contribution in [0, 0.1) is 0 Å². The molecule has 0 aliphatic rings. The normalized spacial score (nSPS) is 12.0. The van der Waals surface area contributed by atoms with Gasteiger partial charge >= 0.3 is 0 Å². The van der Waals surface area contributed by atoms with Crippen molar-refractivity contribution < 1.29 is 0 Å². The van der Waals surface area contributed by atoms with Crippen LogP contribution in [-0.4, -0.2) is 19.4 Å². The zero-order valence-electron chi connectivity index (χ0n) is 22.5. The summed E-state index contributed by atoms with van der Waals surface area (Å²) in [5.41, 5.74) is 6.29. The average molecular weight is 555 g/mol. The van der Waals surface area contributed by atoms with Crippen LogP contribution in [-0.2, 0) is 0 Å². The first kappa shape index (κ1) is 23.5. The van der Waals surface area contributed by atoms with Gasteiger partial charge in [0.15, 0.2) is 0 Å². The van der Waals surface area contributed by atoms with E-state index in [0.717, 1.165) is 43.9 Å². The first-order chi connectivity index (χ1) is 20.8. The minimum atomic E-state index is -0.893. The van der Waals surface area contributed by atoms with Crippen molar-refractivity contribution in [1.82, 2.24) is 19.4 Å². The molecule has 0 fully saturated rings. The van der Waals surface area contributed by atoms with Gasteiger partial charge in [-0.1, -0.05) is 84.9 Å². The Morgan fingerprint density at radius 1 is 0.452 bits per heavy atom. The molecule has 0 unspecified atom stereocenters. The van der Waals surface area contributed by atoms with Crippen molar-refractivity contribution in [1.29, 1.82) is 0 Å². The quantitative estimate of drug-likeness (QED) is 0.166. The fourth-order valence-corrected chi connectivity index (χ4v) is 8.60. The molecule has 9 rings (SSSR count). The van der Waals surface area contributed by atoms with Crippen LogP contribution in [0.1, 0.15) is 0 Å². The Bertz CT molecular complexity index is 2420. The van der Waals surface area contributed by atoms with Gasteiger partial charge in [0.1, 0.15) is 5.65 Å². The second kappa shape index (κ2) is 9.17. The van der Waals surface area contributed by atoms with E-state index in [2.05, 4.69) is 130 Å². The monoisotopic (exact) mass is 554 g/mol. The lowest BCUT2D eigenvalue weighted by Crippen LogP contribution is -2.21. The number of nitrogens with zero attached hydrogens (tertiary/aromatic N) is 4. The maximum Gasteiger partial charge on any atom is 0.146 e. The van der Waals surface area contributed by atoms with Crippen LogP contribution in [0.5, 0.6) is 0 Å². The lowest BCUT2D eigenvalue weighted by Gasteiger charge is -2.20. The highest BCUT2D eigenvalue weighted by Crippen LogP contribution is 2.37. The van der Waals surface area contributed by atoms with Gasteiger partial charge in [0.2, 0.25) is 0 Å². The lowest BCUT2D eigenvalue weighted by atomic mass is 10.1. The van der Waals surface area contributed by atoms with Gasteiger partial charge in [-0.05, 0) is 71.7 Å². The summed E-state index contributed by atoms with van der Waals surface area (Å²) in [7, 11) is -0.893. The van der Waals surface area contributed by atoms with E-state index in [1.54, 1.807) is 0 Å². The van der Waals surface area contributed by atoms with E-state index in [9.17, 15) is 0 Å². The molecule has 0 spiro atoms. The number of aromatic nitrogens is 4. The number of hydrogen-bond donors (Lipinski definition) is 0. The van der Waals surface area contributed by atoms with Crippen molar-refractivity contribution in [2.24, 2.45) is 0 Å². The molecule has 4 nitrogen and oxygen atoms in total. The van der Waals surface area contributed by atoms with Crippen LogP contribution in [0.4, 0.5) is 0 Å². The molecule has 0 amide bonds. The number of para-hydroxylation sites is 1. The molecule has 0 saturated heterocycles. The Kier molecular flexibility index (Phi) is 5.13. The number of benzene rings is 5. The molecule has 0 radical (unpaired) electrons. The van der Waals surface area contributed by atoms with E-state index in [1.165, 1.54) is 32.2 Å². The molecule has 0 saturated carbocycles. The van der Waals surface area contributed by atoms with Gasteiger partial charge in [-0.25, -0.2) is 4.98 Å². The highest BCUT2D eigenvalue weighted by Gasteiger charge is 2.20. The van der Waals surface area contributed by atoms with Gasteiger partial charge in [-0.2, -0.15) is 0 Å². The van der Waals surface area contributed by atoms with Crippen LogP contribution in [0.15, 0.2) is 140 Å². The van der Waals surface area contributed by atoms with Crippen molar-refractivity contribution in [3.63, 3.8) is 0 Å². The molecule has 4 heterocycles. The smallest absolute Gasteiger partial charge is 0.146 e. The summed E-state index contributed by atoms with van der Waals surface area (Å²) in [6.07, 6.45) is 3.73. The first-order valence-electron chi connectivity index (χ1n) is 14.0. The van der Waals surface area contributed by atoms with Crippen LogP contribution < -0.4 is 15.9 Å². The molecule has 0 aliphatic heterocycles. The predicted molar refractivity (Wildman–Crippen MR) is 177 cm³/mol. The maximum atomic E-state index is 5.27. The molecule has 0 bridgehead atoms. The second-order valence-electron chi connectivity index (χ2n) is 10.6. The largest absolute Gasteiger partial charge is 0.292 e. The van der Waals surface area contributed by atoms with Gasteiger partial charge < -0.3 is 0 Å². The summed E-state index contributed by atoms with van der Waals surface area (Å²) < 4.78 is 2.32. The van der Waals surface area contributed by atoms with Crippen molar-refractivity contribution in [2.75, 3.05) is 0 Å². The molecule has 5 aromatic carbocycles. The molecule has 0 aliphatic carbocycles. The molecule has 9 aromatic rings. The van der Waals surface area contributed by atoms with E-state index in [1.807, 2.05) is 24.5 Å². The van der Waals surface area contributed by atoms with Crippen LogP contribution in [0.25, 0.3) is 60.2 Å². The Morgan fingerprint density at radius 3 is 1.71 bits per heavy atom. The highest BCUT2D eigenvalue weighted by molar-refractivity contribution is 7.79. The summed E-state index contributed by atoms with van der Waals surface area (Å²) in [6.45, 7) is 0. The van der Waals surface area contributed by atoms with Crippen LogP contribution >= 0.6 is 7.92 Å². The summed E-state index contributed by atoms with van der Waals surface area (Å²) >= 11 is 0. The Morgan fingerprint density at radius 2 is 1.02 bits per heavy atom. The molecular formula is C37H23N4P. The molecule has 0 N–H and O–H groups in total. The SMILES string of the molecule is c1cnc2cc(P(c3ccc4cccnc4c3)c3ccc4c(c3)nc3c5ccccc5c5ccccc5n43)ccc2c1. The van der Waals surface area contributed by atoms with Crippen molar-refractivity contribution in [3.8, 4) is 0 Å². The van der Waals surface area contributed by atoms with E-state index in [4.69, 9.17) is 4.98 Å². The van der Waals surface area contributed by atoms with Gasteiger partial charge in [-0.15, -0.1) is 0 Å². The van der Waals surface area contributed by atoms with Crippen LogP contribution in [0.3, 0.4) is 0 Å². The van der Waals surface area contributed by atoms with E-state index < -0.39 is 7.92 Å². The summed E-state index contributed by atoms with van der Waals surface area (Å²) in [6, 6.07) is 45.6. The minimum Gasteiger partial charge on any atom is -0.292 e. The summed E-state index contributed by atoms with van der Waals surface area (Å²) in [5.74, 6) is 0. The number of imidazole rings is 1. The van der Waals surface area contributed by atoms with Gasteiger partial charge in [0, 0.05) is 33.9 Å². The third-order valence-corrected chi connectivity index (χ3v) is 10.6. The van der Waals surface area contributed by atoms with Crippen molar-refractivity contribution in [3.05, 3.63) is 140 Å². The molecule has 4 aromatic heterocycles. The molecule has 0 atom stereocenters. The zero-order valence-corrected chi connectivity index (χ0v) is 23.4. The maximum absolute atomic E-state index is 5.27. The fraction of sp³-hybridized carbons (Fsp3) is 0. The fourth-order valence-electron chi connectivity index (χ4n) is 6.28. The summed E-state index contributed by atoms with van der Waals surface area (Å²) in [4.78, 5) is 14.6. The van der Waals surface area contributed by atoms with Crippen molar-refractivity contribution >= 4 is 84.0 Å². The molecule has 42 heavy (non-hydrogen) atoms. The van der Waals surface area contributed by atoms with E-state index in [0.29, 0.717) is 0 Å². The second-order valence-corrected chi connectivity index (χ2v) is 12.8. The Labute approximate surface area is 242 Å². The zero-order chi connectivity index (χ0) is 27.6. The number of pyridine rings is 3. The Balaban J connectivity index is 1.32. The third kappa shape index (κ3) is 3.56. The summed E-state index contributed by atoms with van der Waals surface area (Å²) in [5, 5.41) is 9.68. The number of rotatable bonds is 3. The topological polar surface area (TPSA) is 43.1 Å². The van der Waals surface area contributed by atoms with Gasteiger partial charge in [-0.3, -0.25) is 14.4 Å². The highest BCUT2D eigenvalue weighted by atomic mass is 31.1. The molecule has 5 heteroatoms. The Hall–Kier alpha value is -5.18. The van der Waals surface area contributed by atoms with Crippen molar-refractivity contribution in [2.45, 2.75) is 0 Å². The van der Waals surface area contributed by atoms with E-state index >= 15 is 0 Å². The number of hydrogen-bond acceptors (Lipinski definition) is 3. The van der Waals surface area contributed by atoms with E-state index in [-0.39, 0.29) is 0 Å². The first-order valence-corrected chi connectivity index (χ1v) is 15.4. The lowest BCUT2D eigenvalue weighted by molar-refractivity contribution is 1.31. The molecule has 196 valence electrons. The van der Waals surface area contributed by atoms with Gasteiger partial charge in [0.25, 0.3) is 0 Å². The third-order valence-electron chi connectivity index (χ3n) is 8.19. The average Bonchev–Trinajstić information content (AvgIpc) is 3.44. The predicted octanol–water partition coefficient (Wildman–Crippen LogP) is 7.65. The van der Waals surface area contributed by atoms with Crippen LogP contribution in [0.2, 0.25) is 0 Å².